The summed E-state index contributed by atoms with van der Waals surface area (Å²) in [5.74, 6) is 0.446. The Morgan fingerprint density at radius 3 is 2.65 bits per heavy atom. The number of carbonyl (C=O) groups excluding carboxylic acids is 2. The number of benzene rings is 1. The van der Waals surface area contributed by atoms with Gasteiger partial charge < -0.3 is 15.0 Å². The van der Waals surface area contributed by atoms with Crippen LogP contribution < -0.4 is 15.0 Å². The highest BCUT2D eigenvalue weighted by Crippen LogP contribution is 2.33. The van der Waals surface area contributed by atoms with Crippen LogP contribution in [0, 0.1) is 13.8 Å². The van der Waals surface area contributed by atoms with Crippen LogP contribution in [0.2, 0.25) is 0 Å². The van der Waals surface area contributed by atoms with Crippen LogP contribution in [0.3, 0.4) is 0 Å². The van der Waals surface area contributed by atoms with E-state index in [2.05, 4.69) is 10.3 Å². The number of pyridine rings is 1. The average Bonchev–Trinajstić information content (AvgIpc) is 2.59. The lowest BCUT2D eigenvalue weighted by atomic mass is 10.1. The molecule has 2 heterocycles. The van der Waals surface area contributed by atoms with Gasteiger partial charge in [0.2, 0.25) is 5.91 Å². The highest BCUT2D eigenvalue weighted by atomic mass is 16.5. The summed E-state index contributed by atoms with van der Waals surface area (Å²) in [7, 11) is 0. The normalized spacial score (nSPS) is 16.0. The number of ether oxygens (including phenoxy) is 1. The van der Waals surface area contributed by atoms with Crippen molar-refractivity contribution in [3.8, 4) is 5.75 Å². The molecule has 0 saturated heterocycles. The minimum Gasteiger partial charge on any atom is -0.479 e. The van der Waals surface area contributed by atoms with Crippen LogP contribution in [-0.2, 0) is 16.1 Å². The second-order valence-corrected chi connectivity index (χ2v) is 6.50. The van der Waals surface area contributed by atoms with E-state index in [4.69, 9.17) is 4.74 Å². The molecule has 26 heavy (non-hydrogen) atoms. The molecule has 136 valence electrons. The number of carbonyl (C=O) groups is 2. The van der Waals surface area contributed by atoms with Crippen molar-refractivity contribution >= 4 is 17.5 Å². The number of hydrogen-bond donors (Lipinski definition) is 1. The van der Waals surface area contributed by atoms with Crippen LogP contribution in [0.15, 0.2) is 36.4 Å². The number of para-hydroxylation sites is 2. The van der Waals surface area contributed by atoms with E-state index < -0.39 is 6.10 Å². The number of rotatable bonds is 5. The summed E-state index contributed by atoms with van der Waals surface area (Å²) in [6.45, 7) is 6.36. The van der Waals surface area contributed by atoms with Gasteiger partial charge in [-0.3, -0.25) is 14.6 Å². The van der Waals surface area contributed by atoms with Crippen LogP contribution in [0.4, 0.5) is 5.69 Å². The van der Waals surface area contributed by atoms with E-state index in [0.29, 0.717) is 24.5 Å². The largest absolute Gasteiger partial charge is 0.479 e. The number of aryl methyl sites for hydroxylation is 2. The lowest BCUT2D eigenvalue weighted by molar-refractivity contribution is -0.125. The van der Waals surface area contributed by atoms with Crippen molar-refractivity contribution in [3.63, 3.8) is 0 Å². The van der Waals surface area contributed by atoms with Gasteiger partial charge in [-0.1, -0.05) is 12.1 Å². The van der Waals surface area contributed by atoms with Crippen molar-refractivity contribution < 1.29 is 14.3 Å². The molecule has 1 aliphatic heterocycles. The first kappa shape index (κ1) is 17.9. The summed E-state index contributed by atoms with van der Waals surface area (Å²) >= 11 is 0. The van der Waals surface area contributed by atoms with E-state index in [1.165, 1.54) is 0 Å². The number of nitrogens with zero attached hydrogens (tertiary/aromatic N) is 2. The van der Waals surface area contributed by atoms with Crippen LogP contribution >= 0.6 is 0 Å². The van der Waals surface area contributed by atoms with Gasteiger partial charge >= 0.3 is 0 Å². The lowest BCUT2D eigenvalue weighted by Crippen LogP contribution is -2.45. The molecular weight excluding hydrogens is 330 g/mol. The number of anilines is 1. The molecule has 1 aromatic carbocycles. The summed E-state index contributed by atoms with van der Waals surface area (Å²) in [6.07, 6.45) is -0.314. The maximum atomic E-state index is 12.4. The van der Waals surface area contributed by atoms with Gasteiger partial charge in [-0.2, -0.15) is 0 Å². The molecule has 1 atom stereocenters. The topological polar surface area (TPSA) is 71.5 Å². The minimum atomic E-state index is -0.546. The van der Waals surface area contributed by atoms with Crippen LogP contribution in [0.1, 0.15) is 30.3 Å². The first-order chi connectivity index (χ1) is 12.4. The highest BCUT2D eigenvalue weighted by molar-refractivity contribution is 6.00. The van der Waals surface area contributed by atoms with Gasteiger partial charge in [0.15, 0.2) is 6.10 Å². The fourth-order valence-electron chi connectivity index (χ4n) is 3.11. The van der Waals surface area contributed by atoms with Crippen molar-refractivity contribution in [2.45, 2.75) is 39.8 Å². The van der Waals surface area contributed by atoms with Crippen molar-refractivity contribution in [1.82, 2.24) is 10.3 Å². The molecule has 0 fully saturated rings. The average molecular weight is 353 g/mol. The Hall–Kier alpha value is -2.89. The van der Waals surface area contributed by atoms with Crippen molar-refractivity contribution in [2.75, 3.05) is 11.4 Å². The Morgan fingerprint density at radius 2 is 1.92 bits per heavy atom. The van der Waals surface area contributed by atoms with E-state index in [-0.39, 0.29) is 18.2 Å². The highest BCUT2D eigenvalue weighted by Gasteiger charge is 2.31. The van der Waals surface area contributed by atoms with E-state index in [0.717, 1.165) is 17.0 Å². The molecule has 6 heteroatoms. The third-order valence-corrected chi connectivity index (χ3v) is 4.27. The standard InChI is InChI=1S/C20H23N3O3/c1-13-10-16(11-14(2)22-13)12-21-19(24)8-9-23-17-6-4-5-7-18(17)26-15(3)20(23)25/h4-7,10-11,15H,8-9,12H2,1-3H3,(H,21,24). The zero-order chi connectivity index (χ0) is 18.7. The third kappa shape index (κ3) is 4.02. The SMILES string of the molecule is Cc1cc(CNC(=O)CCN2C(=O)C(C)Oc3ccccc32)cc(C)n1. The van der Waals surface area contributed by atoms with Crippen molar-refractivity contribution in [1.29, 1.82) is 0 Å². The second kappa shape index (κ2) is 7.56. The van der Waals surface area contributed by atoms with Gasteiger partial charge in [0.25, 0.3) is 5.91 Å². The molecule has 0 saturated carbocycles. The minimum absolute atomic E-state index is 0.0958. The maximum absolute atomic E-state index is 12.4. The number of amides is 2. The summed E-state index contributed by atoms with van der Waals surface area (Å²) in [5, 5.41) is 2.91. The second-order valence-electron chi connectivity index (χ2n) is 6.50. The Balaban J connectivity index is 1.59. The predicted molar refractivity (Wildman–Crippen MR) is 99.1 cm³/mol. The van der Waals surface area contributed by atoms with Gasteiger partial charge in [0, 0.05) is 30.9 Å². The summed E-state index contributed by atoms with van der Waals surface area (Å²) in [5.41, 5.74) is 3.59. The zero-order valence-electron chi connectivity index (χ0n) is 15.3. The van der Waals surface area contributed by atoms with Crippen molar-refractivity contribution in [3.05, 3.63) is 53.3 Å². The Kier molecular flexibility index (Phi) is 5.21. The van der Waals surface area contributed by atoms with Crippen LogP contribution in [-0.4, -0.2) is 29.4 Å². The third-order valence-electron chi connectivity index (χ3n) is 4.27. The first-order valence-electron chi connectivity index (χ1n) is 8.72. The fraction of sp³-hybridized carbons (Fsp3) is 0.350. The maximum Gasteiger partial charge on any atom is 0.267 e. The molecule has 2 aromatic rings. The monoisotopic (exact) mass is 353 g/mol. The van der Waals surface area contributed by atoms with Crippen LogP contribution in [0.5, 0.6) is 5.75 Å². The van der Waals surface area contributed by atoms with E-state index in [1.54, 1.807) is 11.8 Å². The molecule has 6 nitrogen and oxygen atoms in total. The number of nitrogens with one attached hydrogen (secondary N) is 1. The van der Waals surface area contributed by atoms with E-state index in [9.17, 15) is 9.59 Å². The number of aromatic nitrogens is 1. The van der Waals surface area contributed by atoms with E-state index >= 15 is 0 Å². The fourth-order valence-corrected chi connectivity index (χ4v) is 3.11. The molecule has 1 N–H and O–H groups in total. The first-order valence-corrected chi connectivity index (χ1v) is 8.72. The van der Waals surface area contributed by atoms with Gasteiger partial charge in [0.1, 0.15) is 5.75 Å². The molecule has 1 aliphatic rings. The molecular formula is C20H23N3O3. The molecule has 3 rings (SSSR count). The molecule has 0 spiro atoms. The summed E-state index contributed by atoms with van der Waals surface area (Å²) in [6, 6.07) is 11.3. The van der Waals surface area contributed by atoms with Gasteiger partial charge in [-0.05, 0) is 50.6 Å². The molecule has 2 amide bonds. The smallest absolute Gasteiger partial charge is 0.267 e. The van der Waals surface area contributed by atoms with Gasteiger partial charge in [0.05, 0.1) is 5.69 Å². The lowest BCUT2D eigenvalue weighted by Gasteiger charge is -2.32. The molecule has 0 aliphatic carbocycles. The molecule has 1 aromatic heterocycles. The van der Waals surface area contributed by atoms with Gasteiger partial charge in [-0.25, -0.2) is 0 Å². The Labute approximate surface area is 153 Å². The number of fused-ring (bicyclic) bond motifs is 1. The quantitative estimate of drug-likeness (QED) is 0.897. The summed E-state index contributed by atoms with van der Waals surface area (Å²) < 4.78 is 5.61. The van der Waals surface area contributed by atoms with Crippen LogP contribution in [0.25, 0.3) is 0 Å². The zero-order valence-corrected chi connectivity index (χ0v) is 15.3. The van der Waals surface area contributed by atoms with Gasteiger partial charge in [-0.15, -0.1) is 0 Å². The molecule has 0 bridgehead atoms. The Morgan fingerprint density at radius 1 is 1.23 bits per heavy atom. The summed E-state index contributed by atoms with van der Waals surface area (Å²) in [4.78, 5) is 30.6. The molecule has 1 unspecified atom stereocenters. The van der Waals surface area contributed by atoms with Crippen molar-refractivity contribution in [2.24, 2.45) is 0 Å². The predicted octanol–water partition coefficient (Wildman–Crippen LogP) is 2.52. The molecule has 0 radical (unpaired) electrons. The number of hydrogen-bond acceptors (Lipinski definition) is 4. The van der Waals surface area contributed by atoms with E-state index in [1.807, 2.05) is 50.2 Å². The Bertz CT molecular complexity index is 815.